The van der Waals surface area contributed by atoms with E-state index < -0.39 is 6.10 Å². The molecule has 60 valence electrons. The minimum atomic E-state index is -0.563. The summed E-state index contributed by atoms with van der Waals surface area (Å²) in [5.41, 5.74) is 0. The Balaban J connectivity index is 3.71. The van der Waals surface area contributed by atoms with Crippen LogP contribution < -0.4 is 5.32 Å². The van der Waals surface area contributed by atoms with Crippen molar-refractivity contribution in [3.63, 3.8) is 0 Å². The molecule has 0 aliphatic heterocycles. The second-order valence-electron chi connectivity index (χ2n) is 2.42. The van der Waals surface area contributed by atoms with Crippen molar-refractivity contribution in [2.24, 2.45) is 5.92 Å². The number of carbonyl (C=O) groups excluding carboxylic acids is 1. The molecule has 0 rings (SSSR count). The highest BCUT2D eigenvalue weighted by Gasteiger charge is 2.16. The lowest BCUT2D eigenvalue weighted by atomic mass is 10.1. The van der Waals surface area contributed by atoms with Gasteiger partial charge in [0.25, 0.3) is 0 Å². The Labute approximate surface area is 61.4 Å². The van der Waals surface area contributed by atoms with Crippen LogP contribution in [0.1, 0.15) is 20.8 Å². The molecule has 0 unspecified atom stereocenters. The highest BCUT2D eigenvalue weighted by atomic mass is 16.3. The van der Waals surface area contributed by atoms with Crippen molar-refractivity contribution in [2.75, 3.05) is 6.54 Å². The third kappa shape index (κ3) is 2.82. The molecule has 3 heteroatoms. The number of aliphatic hydroxyl groups excluding tert-OH is 1. The summed E-state index contributed by atoms with van der Waals surface area (Å²) in [7, 11) is 0. The smallest absolute Gasteiger partial charge is 0.225 e. The van der Waals surface area contributed by atoms with Crippen LogP contribution in [-0.2, 0) is 4.79 Å². The fraction of sp³-hybridized carbons (Fsp3) is 0.857. The third-order valence-corrected chi connectivity index (χ3v) is 1.49. The van der Waals surface area contributed by atoms with Crippen LogP contribution in [0.5, 0.6) is 0 Å². The number of hydrogen-bond donors (Lipinski definition) is 2. The first-order valence-corrected chi connectivity index (χ1v) is 3.55. The zero-order chi connectivity index (χ0) is 8.15. The van der Waals surface area contributed by atoms with Crippen LogP contribution in [0.2, 0.25) is 0 Å². The topological polar surface area (TPSA) is 49.3 Å². The number of aliphatic hydroxyl groups is 1. The van der Waals surface area contributed by atoms with Gasteiger partial charge in [0.2, 0.25) is 5.91 Å². The number of carbonyl (C=O) groups is 1. The summed E-state index contributed by atoms with van der Waals surface area (Å²) in [4.78, 5) is 10.9. The van der Waals surface area contributed by atoms with Gasteiger partial charge in [-0.3, -0.25) is 4.79 Å². The molecule has 2 N–H and O–H groups in total. The van der Waals surface area contributed by atoms with Gasteiger partial charge in [0.05, 0.1) is 12.0 Å². The maximum Gasteiger partial charge on any atom is 0.225 e. The molecular weight excluding hydrogens is 130 g/mol. The molecular formula is C7H15NO2. The molecule has 0 fully saturated rings. The fourth-order valence-corrected chi connectivity index (χ4v) is 0.554. The maximum absolute atomic E-state index is 10.9. The second-order valence-corrected chi connectivity index (χ2v) is 2.42. The van der Waals surface area contributed by atoms with Crippen LogP contribution in [0.15, 0.2) is 0 Å². The summed E-state index contributed by atoms with van der Waals surface area (Å²) in [5.74, 6) is -0.391. The van der Waals surface area contributed by atoms with E-state index in [0.29, 0.717) is 6.54 Å². The van der Waals surface area contributed by atoms with Crippen LogP contribution >= 0.6 is 0 Å². The standard InChI is InChI=1S/C7H15NO2/c1-4-8-7(10)5(2)6(3)9/h5-6,9H,4H2,1-3H3,(H,8,10)/t5-,6+/m0/s1. The fourth-order valence-electron chi connectivity index (χ4n) is 0.554. The first kappa shape index (κ1) is 9.43. The second kappa shape index (κ2) is 4.28. The van der Waals surface area contributed by atoms with Crippen molar-refractivity contribution in [1.82, 2.24) is 5.32 Å². The molecule has 10 heavy (non-hydrogen) atoms. The van der Waals surface area contributed by atoms with Crippen molar-refractivity contribution < 1.29 is 9.90 Å². The molecule has 0 aliphatic rings. The van der Waals surface area contributed by atoms with E-state index in [1.165, 1.54) is 0 Å². The Morgan fingerprint density at radius 1 is 1.60 bits per heavy atom. The van der Waals surface area contributed by atoms with Crippen molar-refractivity contribution in [2.45, 2.75) is 26.9 Å². The largest absolute Gasteiger partial charge is 0.393 e. The molecule has 2 atom stereocenters. The molecule has 0 bridgehead atoms. The van der Waals surface area contributed by atoms with Gasteiger partial charge in [0.15, 0.2) is 0 Å². The van der Waals surface area contributed by atoms with Crippen LogP contribution in [0.3, 0.4) is 0 Å². The highest BCUT2D eigenvalue weighted by molar-refractivity contribution is 5.78. The molecule has 3 nitrogen and oxygen atoms in total. The van der Waals surface area contributed by atoms with E-state index in [1.807, 2.05) is 6.92 Å². The van der Waals surface area contributed by atoms with E-state index in [0.717, 1.165) is 0 Å². The summed E-state index contributed by atoms with van der Waals surface area (Å²) in [6.45, 7) is 5.79. The molecule has 0 saturated carbocycles. The van der Waals surface area contributed by atoms with Gasteiger partial charge in [0.1, 0.15) is 0 Å². The van der Waals surface area contributed by atoms with Gasteiger partial charge in [-0.1, -0.05) is 6.92 Å². The van der Waals surface area contributed by atoms with Gasteiger partial charge >= 0.3 is 0 Å². The van der Waals surface area contributed by atoms with Gasteiger partial charge in [-0.2, -0.15) is 0 Å². The number of rotatable bonds is 3. The average Bonchev–Trinajstić information content (AvgIpc) is 1.87. The first-order chi connectivity index (χ1) is 4.59. The van der Waals surface area contributed by atoms with E-state index in [4.69, 9.17) is 5.11 Å². The van der Waals surface area contributed by atoms with Crippen LogP contribution in [0.25, 0.3) is 0 Å². The van der Waals surface area contributed by atoms with E-state index in [9.17, 15) is 4.79 Å². The third-order valence-electron chi connectivity index (χ3n) is 1.49. The molecule has 0 heterocycles. The van der Waals surface area contributed by atoms with E-state index in [2.05, 4.69) is 5.32 Å². The molecule has 0 aromatic rings. The summed E-state index contributed by atoms with van der Waals surface area (Å²) >= 11 is 0. The Bertz CT molecular complexity index is 112. The van der Waals surface area contributed by atoms with Crippen LogP contribution in [-0.4, -0.2) is 23.7 Å². The van der Waals surface area contributed by atoms with Crippen molar-refractivity contribution in [3.8, 4) is 0 Å². The normalized spacial score (nSPS) is 16.0. The van der Waals surface area contributed by atoms with E-state index >= 15 is 0 Å². The molecule has 0 aromatic carbocycles. The van der Waals surface area contributed by atoms with Gasteiger partial charge in [0, 0.05) is 6.54 Å². The minimum absolute atomic E-state index is 0.0856. The molecule has 0 aromatic heterocycles. The summed E-state index contributed by atoms with van der Waals surface area (Å²) in [6.07, 6.45) is -0.563. The maximum atomic E-state index is 10.9. The lowest BCUT2D eigenvalue weighted by molar-refractivity contribution is -0.127. The Kier molecular flexibility index (Phi) is 4.03. The van der Waals surface area contributed by atoms with Crippen molar-refractivity contribution in [3.05, 3.63) is 0 Å². The molecule has 0 radical (unpaired) electrons. The molecule has 0 aliphatic carbocycles. The Hall–Kier alpha value is -0.570. The zero-order valence-electron chi connectivity index (χ0n) is 6.72. The first-order valence-electron chi connectivity index (χ1n) is 3.55. The van der Waals surface area contributed by atoms with Crippen molar-refractivity contribution in [1.29, 1.82) is 0 Å². The molecule has 0 saturated heterocycles. The van der Waals surface area contributed by atoms with Gasteiger partial charge in [-0.15, -0.1) is 0 Å². The summed E-state index contributed by atoms with van der Waals surface area (Å²) < 4.78 is 0. The summed E-state index contributed by atoms with van der Waals surface area (Å²) in [6, 6.07) is 0. The van der Waals surface area contributed by atoms with E-state index in [-0.39, 0.29) is 11.8 Å². The lowest BCUT2D eigenvalue weighted by Gasteiger charge is -2.12. The van der Waals surface area contributed by atoms with Gasteiger partial charge < -0.3 is 10.4 Å². The zero-order valence-corrected chi connectivity index (χ0v) is 6.72. The minimum Gasteiger partial charge on any atom is -0.393 e. The number of amides is 1. The Morgan fingerprint density at radius 3 is 2.40 bits per heavy atom. The van der Waals surface area contributed by atoms with Gasteiger partial charge in [-0.25, -0.2) is 0 Å². The van der Waals surface area contributed by atoms with Crippen LogP contribution in [0.4, 0.5) is 0 Å². The lowest BCUT2D eigenvalue weighted by Crippen LogP contribution is -2.34. The molecule has 0 spiro atoms. The number of nitrogens with one attached hydrogen (secondary N) is 1. The highest BCUT2D eigenvalue weighted by Crippen LogP contribution is 2.00. The monoisotopic (exact) mass is 145 g/mol. The average molecular weight is 145 g/mol. The quantitative estimate of drug-likeness (QED) is 0.593. The SMILES string of the molecule is CCNC(=O)[C@@H](C)[C@@H](C)O. The predicted octanol–water partition coefficient (Wildman–Crippen LogP) is 0.139. The predicted molar refractivity (Wildman–Crippen MR) is 39.5 cm³/mol. The molecule has 1 amide bonds. The Morgan fingerprint density at radius 2 is 2.10 bits per heavy atom. The number of hydrogen-bond acceptors (Lipinski definition) is 2. The van der Waals surface area contributed by atoms with Gasteiger partial charge in [-0.05, 0) is 13.8 Å². The van der Waals surface area contributed by atoms with Crippen molar-refractivity contribution >= 4 is 5.91 Å². The van der Waals surface area contributed by atoms with E-state index in [1.54, 1.807) is 13.8 Å². The van der Waals surface area contributed by atoms with Crippen LogP contribution in [0, 0.1) is 5.92 Å². The summed E-state index contributed by atoms with van der Waals surface area (Å²) in [5, 5.41) is 11.6.